The van der Waals surface area contributed by atoms with E-state index in [0.717, 1.165) is 6.08 Å². The maximum atomic E-state index is 13.1. The van der Waals surface area contributed by atoms with Gasteiger partial charge in [-0.15, -0.1) is 11.3 Å². The van der Waals surface area contributed by atoms with E-state index in [-0.39, 0.29) is 12.0 Å². The van der Waals surface area contributed by atoms with Crippen LogP contribution in [0.2, 0.25) is 4.34 Å². The molecule has 0 aliphatic heterocycles. The van der Waals surface area contributed by atoms with Crippen LogP contribution < -0.4 is 9.64 Å². The third kappa shape index (κ3) is 6.82. The van der Waals surface area contributed by atoms with Crippen molar-refractivity contribution < 1.29 is 24.2 Å². The first kappa shape index (κ1) is 24.9. The fourth-order valence-corrected chi connectivity index (χ4v) is 4.24. The number of ether oxygens (including phenoxy) is 2. The zero-order valence-corrected chi connectivity index (χ0v) is 19.9. The highest BCUT2D eigenvalue weighted by Crippen LogP contribution is 2.43. The van der Waals surface area contributed by atoms with Crippen molar-refractivity contribution >= 4 is 39.8 Å². The SMILES string of the molecule is CCOC(=O)C=CC(=O)N(CC(C)(C)C)c1sc(Cl)cc1C(O)c1ccccc1OC. The van der Waals surface area contributed by atoms with Crippen LogP contribution in [0.4, 0.5) is 5.00 Å². The lowest BCUT2D eigenvalue weighted by molar-refractivity contribution is -0.137. The Balaban J connectivity index is 2.50. The maximum Gasteiger partial charge on any atom is 0.330 e. The Bertz CT molecular complexity index is 948. The number of halogens is 1. The molecule has 0 saturated heterocycles. The summed E-state index contributed by atoms with van der Waals surface area (Å²) < 4.78 is 10.7. The first-order chi connectivity index (χ1) is 14.6. The lowest BCUT2D eigenvalue weighted by Crippen LogP contribution is -2.37. The summed E-state index contributed by atoms with van der Waals surface area (Å²) in [7, 11) is 1.53. The van der Waals surface area contributed by atoms with Gasteiger partial charge in [0.05, 0.1) is 18.1 Å². The number of hydrogen-bond acceptors (Lipinski definition) is 6. The molecule has 0 aliphatic carbocycles. The number of thiophene rings is 1. The number of anilines is 1. The molecule has 2 rings (SSSR count). The molecule has 0 radical (unpaired) electrons. The molecule has 0 fully saturated rings. The van der Waals surface area contributed by atoms with Gasteiger partial charge in [0.1, 0.15) is 16.9 Å². The summed E-state index contributed by atoms with van der Waals surface area (Å²) in [5.74, 6) is -0.473. The van der Waals surface area contributed by atoms with Crippen LogP contribution in [0.15, 0.2) is 42.5 Å². The molecule has 8 heteroatoms. The van der Waals surface area contributed by atoms with E-state index in [1.807, 2.05) is 26.8 Å². The molecule has 0 saturated carbocycles. The van der Waals surface area contributed by atoms with Gasteiger partial charge in [0.2, 0.25) is 0 Å². The molecule has 1 amide bonds. The van der Waals surface area contributed by atoms with Crippen LogP contribution in [-0.4, -0.2) is 37.2 Å². The summed E-state index contributed by atoms with van der Waals surface area (Å²) >= 11 is 7.50. The van der Waals surface area contributed by atoms with Crippen LogP contribution in [0.3, 0.4) is 0 Å². The standard InChI is InChI=1S/C23H28ClNO5S/c1-6-30-20(27)12-11-19(26)25(14-23(2,3)4)22-16(13-18(24)31-22)21(28)15-9-7-8-10-17(15)29-5/h7-13,21,28H,6,14H2,1-5H3. The van der Waals surface area contributed by atoms with Gasteiger partial charge in [-0.2, -0.15) is 0 Å². The molecule has 168 valence electrons. The van der Waals surface area contributed by atoms with E-state index in [1.165, 1.54) is 29.4 Å². The number of aliphatic hydroxyl groups excluding tert-OH is 1. The molecule has 0 aliphatic rings. The number of hydrogen-bond donors (Lipinski definition) is 1. The topological polar surface area (TPSA) is 76.1 Å². The number of aliphatic hydroxyl groups is 1. The van der Waals surface area contributed by atoms with Gasteiger partial charge >= 0.3 is 5.97 Å². The monoisotopic (exact) mass is 465 g/mol. The molecular weight excluding hydrogens is 438 g/mol. The van der Waals surface area contributed by atoms with E-state index >= 15 is 0 Å². The number of methoxy groups -OCH3 is 1. The van der Waals surface area contributed by atoms with Crippen LogP contribution in [0.1, 0.15) is 44.9 Å². The number of para-hydroxylation sites is 1. The highest BCUT2D eigenvalue weighted by molar-refractivity contribution is 7.20. The van der Waals surface area contributed by atoms with Crippen LogP contribution in [0.25, 0.3) is 0 Å². The van der Waals surface area contributed by atoms with Gasteiger partial charge in [-0.1, -0.05) is 50.6 Å². The fourth-order valence-electron chi connectivity index (χ4n) is 2.98. The van der Waals surface area contributed by atoms with Crippen molar-refractivity contribution in [3.63, 3.8) is 0 Å². The van der Waals surface area contributed by atoms with Crippen molar-refractivity contribution in [2.24, 2.45) is 5.41 Å². The number of amides is 1. The Kier molecular flexibility index (Phi) is 8.68. The summed E-state index contributed by atoms with van der Waals surface area (Å²) in [6.45, 7) is 8.24. The minimum absolute atomic E-state index is 0.221. The van der Waals surface area contributed by atoms with Crippen molar-refractivity contribution in [3.05, 3.63) is 57.9 Å². The summed E-state index contributed by atoms with van der Waals surface area (Å²) in [5, 5.41) is 11.7. The van der Waals surface area contributed by atoms with E-state index in [9.17, 15) is 14.7 Å². The molecule has 1 atom stereocenters. The number of rotatable bonds is 8. The number of esters is 1. The Labute approximate surface area is 192 Å². The van der Waals surface area contributed by atoms with Crippen LogP contribution in [0.5, 0.6) is 5.75 Å². The van der Waals surface area contributed by atoms with Crippen molar-refractivity contribution in [2.75, 3.05) is 25.2 Å². The van der Waals surface area contributed by atoms with Crippen molar-refractivity contribution in [2.45, 2.75) is 33.8 Å². The predicted molar refractivity (Wildman–Crippen MR) is 124 cm³/mol. The molecule has 31 heavy (non-hydrogen) atoms. The lowest BCUT2D eigenvalue weighted by Gasteiger charge is -2.30. The van der Waals surface area contributed by atoms with Gasteiger partial charge in [-0.3, -0.25) is 9.69 Å². The summed E-state index contributed by atoms with van der Waals surface area (Å²) in [6.07, 6.45) is 1.23. The molecule has 0 bridgehead atoms. The molecule has 1 heterocycles. The molecule has 1 aromatic carbocycles. The average molecular weight is 466 g/mol. The molecule has 1 aromatic heterocycles. The molecule has 6 nitrogen and oxygen atoms in total. The number of carbonyl (C=O) groups excluding carboxylic acids is 2. The van der Waals surface area contributed by atoms with Crippen molar-refractivity contribution in [1.82, 2.24) is 0 Å². The lowest BCUT2D eigenvalue weighted by atomic mass is 9.95. The summed E-state index contributed by atoms with van der Waals surface area (Å²) in [5.41, 5.74) is 0.795. The largest absolute Gasteiger partial charge is 0.496 e. The minimum Gasteiger partial charge on any atom is -0.496 e. The number of nitrogens with zero attached hydrogens (tertiary/aromatic N) is 1. The van der Waals surface area contributed by atoms with Gasteiger partial charge in [-0.05, 0) is 24.5 Å². The number of carbonyl (C=O) groups is 2. The summed E-state index contributed by atoms with van der Waals surface area (Å²) in [4.78, 5) is 26.3. The zero-order chi connectivity index (χ0) is 23.2. The van der Waals surface area contributed by atoms with E-state index < -0.39 is 18.0 Å². The third-order valence-corrected chi connectivity index (χ3v) is 5.53. The van der Waals surface area contributed by atoms with E-state index in [0.29, 0.717) is 32.8 Å². The van der Waals surface area contributed by atoms with Crippen molar-refractivity contribution in [1.29, 1.82) is 0 Å². The molecular formula is C23H28ClNO5S. The first-order valence-corrected chi connectivity index (χ1v) is 11.0. The van der Waals surface area contributed by atoms with Gasteiger partial charge in [0.25, 0.3) is 5.91 Å². The van der Waals surface area contributed by atoms with E-state index in [2.05, 4.69) is 0 Å². The van der Waals surface area contributed by atoms with Crippen molar-refractivity contribution in [3.8, 4) is 5.75 Å². The van der Waals surface area contributed by atoms with Gasteiger partial charge in [0.15, 0.2) is 0 Å². The van der Waals surface area contributed by atoms with E-state index in [4.69, 9.17) is 21.1 Å². The number of benzene rings is 1. The zero-order valence-electron chi connectivity index (χ0n) is 18.3. The normalized spacial score (nSPS) is 12.6. The molecule has 2 aromatic rings. The minimum atomic E-state index is -1.06. The first-order valence-electron chi connectivity index (χ1n) is 9.84. The van der Waals surface area contributed by atoms with Gasteiger partial charge in [-0.25, -0.2) is 4.79 Å². The highest BCUT2D eigenvalue weighted by atomic mass is 35.5. The fraction of sp³-hybridized carbons (Fsp3) is 0.391. The average Bonchev–Trinajstić information content (AvgIpc) is 3.10. The quantitative estimate of drug-likeness (QED) is 0.439. The Morgan fingerprint density at radius 2 is 1.90 bits per heavy atom. The smallest absolute Gasteiger partial charge is 0.330 e. The second kappa shape index (κ2) is 10.8. The Morgan fingerprint density at radius 1 is 1.23 bits per heavy atom. The van der Waals surface area contributed by atoms with Gasteiger partial charge < -0.3 is 14.6 Å². The maximum absolute atomic E-state index is 13.1. The van der Waals surface area contributed by atoms with Crippen LogP contribution in [-0.2, 0) is 14.3 Å². The summed E-state index contributed by atoms with van der Waals surface area (Å²) in [6, 6.07) is 8.78. The molecule has 0 spiro atoms. The second-order valence-electron chi connectivity index (χ2n) is 8.03. The highest BCUT2D eigenvalue weighted by Gasteiger charge is 2.29. The third-order valence-electron chi connectivity index (χ3n) is 4.23. The predicted octanol–water partition coefficient (Wildman–Crippen LogP) is 4.99. The molecule has 1 N–H and O–H groups in total. The second-order valence-corrected chi connectivity index (χ2v) is 9.69. The molecule has 1 unspecified atom stereocenters. The Hall–Kier alpha value is -2.35. The Morgan fingerprint density at radius 3 is 2.52 bits per heavy atom. The van der Waals surface area contributed by atoms with Crippen LogP contribution in [0, 0.1) is 5.41 Å². The van der Waals surface area contributed by atoms with E-state index in [1.54, 1.807) is 31.2 Å². The van der Waals surface area contributed by atoms with Crippen LogP contribution >= 0.6 is 22.9 Å². The van der Waals surface area contributed by atoms with Gasteiger partial charge in [0, 0.05) is 29.8 Å².